The van der Waals surface area contributed by atoms with Crippen LogP contribution in [0.4, 0.5) is 0 Å². The maximum absolute atomic E-state index is 5.88. The van der Waals surface area contributed by atoms with Crippen LogP contribution in [0.15, 0.2) is 12.2 Å². The molecule has 2 fully saturated rings. The Hall–Kier alpha value is -0.300. The van der Waals surface area contributed by atoms with Crippen molar-refractivity contribution < 1.29 is 0 Å². The highest BCUT2D eigenvalue weighted by molar-refractivity contribution is 5.05. The molecule has 1 nitrogen and oxygen atoms in total. The molecule has 2 aliphatic rings. The zero-order valence-corrected chi connectivity index (χ0v) is 8.47. The first kappa shape index (κ1) is 9.26. The van der Waals surface area contributed by atoms with Crippen LogP contribution >= 0.6 is 0 Å². The Kier molecular flexibility index (Phi) is 2.73. The Morgan fingerprint density at radius 2 is 1.69 bits per heavy atom. The summed E-state index contributed by atoms with van der Waals surface area (Å²) in [6, 6.07) is 0.477. The molecule has 1 heteroatoms. The van der Waals surface area contributed by atoms with Gasteiger partial charge in [-0.15, -0.1) is 0 Å². The van der Waals surface area contributed by atoms with E-state index in [1.54, 1.807) is 0 Å². The SMILES string of the molecule is C=C(CC1CC1)[C@H]1CC[C@@H](N)CC1. The smallest absolute Gasteiger partial charge is 0.00392 e. The lowest BCUT2D eigenvalue weighted by Crippen LogP contribution is -2.27. The van der Waals surface area contributed by atoms with Gasteiger partial charge in [0.05, 0.1) is 0 Å². The van der Waals surface area contributed by atoms with Gasteiger partial charge in [0, 0.05) is 6.04 Å². The summed E-state index contributed by atoms with van der Waals surface area (Å²) in [6.07, 6.45) is 9.23. The molecular weight excluding hydrogens is 158 g/mol. The van der Waals surface area contributed by atoms with Crippen LogP contribution in [0.1, 0.15) is 44.9 Å². The van der Waals surface area contributed by atoms with E-state index in [2.05, 4.69) is 6.58 Å². The van der Waals surface area contributed by atoms with Crippen molar-refractivity contribution in [2.24, 2.45) is 17.6 Å². The van der Waals surface area contributed by atoms with E-state index in [4.69, 9.17) is 5.73 Å². The Balaban J connectivity index is 1.75. The second kappa shape index (κ2) is 3.83. The molecule has 0 aromatic rings. The fourth-order valence-electron chi connectivity index (χ4n) is 2.39. The predicted octanol–water partition coefficient (Wildman–Crippen LogP) is 2.86. The molecule has 13 heavy (non-hydrogen) atoms. The third-order valence-electron chi connectivity index (χ3n) is 3.60. The maximum Gasteiger partial charge on any atom is 0.00392 e. The molecule has 2 rings (SSSR count). The van der Waals surface area contributed by atoms with Crippen molar-refractivity contribution in [3.05, 3.63) is 12.2 Å². The van der Waals surface area contributed by atoms with Crippen molar-refractivity contribution in [3.63, 3.8) is 0 Å². The second-order valence-corrected chi connectivity index (χ2v) is 4.92. The molecule has 0 atom stereocenters. The Morgan fingerprint density at radius 1 is 1.08 bits per heavy atom. The van der Waals surface area contributed by atoms with Crippen molar-refractivity contribution in [1.82, 2.24) is 0 Å². The van der Waals surface area contributed by atoms with Crippen molar-refractivity contribution in [2.75, 3.05) is 0 Å². The van der Waals surface area contributed by atoms with Gasteiger partial charge in [0.25, 0.3) is 0 Å². The molecule has 0 aromatic carbocycles. The van der Waals surface area contributed by atoms with Gasteiger partial charge in [0.2, 0.25) is 0 Å². The summed E-state index contributed by atoms with van der Waals surface area (Å²) >= 11 is 0. The Morgan fingerprint density at radius 3 is 2.23 bits per heavy atom. The van der Waals surface area contributed by atoms with Crippen molar-refractivity contribution in [1.29, 1.82) is 0 Å². The van der Waals surface area contributed by atoms with E-state index in [0.717, 1.165) is 11.8 Å². The topological polar surface area (TPSA) is 26.0 Å². The van der Waals surface area contributed by atoms with Crippen LogP contribution in [0.25, 0.3) is 0 Å². The van der Waals surface area contributed by atoms with E-state index in [1.165, 1.54) is 50.5 Å². The summed E-state index contributed by atoms with van der Waals surface area (Å²) in [5.74, 6) is 1.81. The number of hydrogen-bond donors (Lipinski definition) is 1. The molecule has 0 heterocycles. The Bertz CT molecular complexity index is 185. The minimum absolute atomic E-state index is 0.477. The lowest BCUT2D eigenvalue weighted by atomic mass is 9.81. The van der Waals surface area contributed by atoms with E-state index in [1.807, 2.05) is 0 Å². The molecule has 0 radical (unpaired) electrons. The predicted molar refractivity (Wildman–Crippen MR) is 56.4 cm³/mol. The zero-order chi connectivity index (χ0) is 9.26. The van der Waals surface area contributed by atoms with Crippen LogP contribution in [0.2, 0.25) is 0 Å². The van der Waals surface area contributed by atoms with E-state index in [0.29, 0.717) is 6.04 Å². The lowest BCUT2D eigenvalue weighted by molar-refractivity contribution is 0.355. The first-order valence-electron chi connectivity index (χ1n) is 5.69. The van der Waals surface area contributed by atoms with Gasteiger partial charge in [-0.05, 0) is 56.8 Å². The van der Waals surface area contributed by atoms with Crippen molar-refractivity contribution >= 4 is 0 Å². The fraction of sp³-hybridized carbons (Fsp3) is 0.833. The van der Waals surface area contributed by atoms with Gasteiger partial charge < -0.3 is 5.73 Å². The molecule has 0 aromatic heterocycles. The van der Waals surface area contributed by atoms with Crippen molar-refractivity contribution in [2.45, 2.75) is 51.0 Å². The van der Waals surface area contributed by atoms with Crippen LogP contribution in [0.5, 0.6) is 0 Å². The van der Waals surface area contributed by atoms with Crippen LogP contribution in [0.3, 0.4) is 0 Å². The van der Waals surface area contributed by atoms with E-state index >= 15 is 0 Å². The van der Waals surface area contributed by atoms with Crippen LogP contribution in [-0.2, 0) is 0 Å². The first-order valence-corrected chi connectivity index (χ1v) is 5.69. The minimum atomic E-state index is 0.477. The van der Waals surface area contributed by atoms with Gasteiger partial charge in [-0.1, -0.05) is 12.2 Å². The summed E-state index contributed by atoms with van der Waals surface area (Å²) in [5, 5.41) is 0. The molecule has 2 saturated carbocycles. The third-order valence-corrected chi connectivity index (χ3v) is 3.60. The molecular formula is C12H21N. The van der Waals surface area contributed by atoms with E-state index < -0.39 is 0 Å². The quantitative estimate of drug-likeness (QED) is 0.662. The number of allylic oxidation sites excluding steroid dienone is 1. The van der Waals surface area contributed by atoms with Gasteiger partial charge in [0.15, 0.2) is 0 Å². The molecule has 74 valence electrons. The van der Waals surface area contributed by atoms with Gasteiger partial charge >= 0.3 is 0 Å². The molecule has 0 amide bonds. The van der Waals surface area contributed by atoms with Gasteiger partial charge in [-0.25, -0.2) is 0 Å². The molecule has 0 saturated heterocycles. The Labute approximate surface area is 81.4 Å². The molecule has 0 bridgehead atoms. The van der Waals surface area contributed by atoms with Crippen LogP contribution in [0, 0.1) is 11.8 Å². The number of rotatable bonds is 3. The highest BCUT2D eigenvalue weighted by Gasteiger charge is 2.26. The van der Waals surface area contributed by atoms with E-state index in [9.17, 15) is 0 Å². The molecule has 0 unspecified atom stereocenters. The highest BCUT2D eigenvalue weighted by atomic mass is 14.6. The third kappa shape index (κ3) is 2.57. The summed E-state index contributed by atoms with van der Waals surface area (Å²) in [5.41, 5.74) is 7.40. The monoisotopic (exact) mass is 179 g/mol. The highest BCUT2D eigenvalue weighted by Crippen LogP contribution is 2.39. The lowest BCUT2D eigenvalue weighted by Gasteiger charge is -2.27. The average Bonchev–Trinajstić information content (AvgIpc) is 2.89. The van der Waals surface area contributed by atoms with Gasteiger partial charge in [-0.2, -0.15) is 0 Å². The van der Waals surface area contributed by atoms with Crippen LogP contribution in [-0.4, -0.2) is 6.04 Å². The largest absolute Gasteiger partial charge is 0.328 e. The van der Waals surface area contributed by atoms with E-state index in [-0.39, 0.29) is 0 Å². The summed E-state index contributed by atoms with van der Waals surface area (Å²) in [7, 11) is 0. The minimum Gasteiger partial charge on any atom is -0.328 e. The summed E-state index contributed by atoms with van der Waals surface area (Å²) < 4.78 is 0. The molecule has 2 aliphatic carbocycles. The van der Waals surface area contributed by atoms with Crippen LogP contribution < -0.4 is 5.73 Å². The standard InChI is InChI=1S/C12H21N/c1-9(8-10-2-3-10)11-4-6-12(13)7-5-11/h10-12H,1-8,13H2/t11-,12+. The molecule has 0 spiro atoms. The summed E-state index contributed by atoms with van der Waals surface area (Å²) in [6.45, 7) is 4.24. The molecule has 0 aliphatic heterocycles. The number of hydrogen-bond acceptors (Lipinski definition) is 1. The van der Waals surface area contributed by atoms with Crippen molar-refractivity contribution in [3.8, 4) is 0 Å². The second-order valence-electron chi connectivity index (χ2n) is 4.92. The summed E-state index contributed by atoms with van der Waals surface area (Å²) in [4.78, 5) is 0. The average molecular weight is 179 g/mol. The normalized spacial score (nSPS) is 34.5. The van der Waals surface area contributed by atoms with Gasteiger partial charge in [0.1, 0.15) is 0 Å². The molecule has 2 N–H and O–H groups in total. The zero-order valence-electron chi connectivity index (χ0n) is 8.47. The first-order chi connectivity index (χ1) is 6.25. The van der Waals surface area contributed by atoms with Gasteiger partial charge in [-0.3, -0.25) is 0 Å². The maximum atomic E-state index is 5.88. The fourth-order valence-corrected chi connectivity index (χ4v) is 2.39. The number of nitrogens with two attached hydrogens (primary N) is 1.